The molecule has 2 atom stereocenters. The normalized spacial score (nSPS) is 19.4. The number of hydrogen-bond donors (Lipinski definition) is 2. The first-order chi connectivity index (χ1) is 15.7. The first kappa shape index (κ1) is 23.3. The molecule has 9 heteroatoms. The van der Waals surface area contributed by atoms with Crippen molar-refractivity contribution >= 4 is 22.1 Å². The SMILES string of the molecule is CS(=O)(=O)N1CCCC(CC(NC(=O)OCC2c3ccccc3-c3ccccc32)C(=O)O)C1. The highest BCUT2D eigenvalue weighted by atomic mass is 32.2. The molecule has 2 N–H and O–H groups in total. The van der Waals surface area contributed by atoms with Crippen LogP contribution < -0.4 is 5.32 Å². The number of benzene rings is 2. The summed E-state index contributed by atoms with van der Waals surface area (Å²) in [5.74, 6) is -1.43. The Kier molecular flexibility index (Phi) is 6.71. The summed E-state index contributed by atoms with van der Waals surface area (Å²) in [7, 11) is -3.33. The highest BCUT2D eigenvalue weighted by Crippen LogP contribution is 2.44. The van der Waals surface area contributed by atoms with Crippen molar-refractivity contribution in [3.8, 4) is 11.1 Å². The van der Waals surface area contributed by atoms with E-state index in [2.05, 4.69) is 5.32 Å². The van der Waals surface area contributed by atoms with Gasteiger partial charge in [-0.05, 0) is 47.4 Å². The van der Waals surface area contributed by atoms with Crippen molar-refractivity contribution in [3.05, 3.63) is 59.7 Å². The van der Waals surface area contributed by atoms with Gasteiger partial charge in [-0.3, -0.25) is 0 Å². The topological polar surface area (TPSA) is 113 Å². The molecule has 2 unspecified atom stereocenters. The molecule has 1 heterocycles. The summed E-state index contributed by atoms with van der Waals surface area (Å²) in [4.78, 5) is 24.3. The Labute approximate surface area is 193 Å². The average molecular weight is 473 g/mol. The van der Waals surface area contributed by atoms with Crippen LogP contribution in [0.5, 0.6) is 0 Å². The van der Waals surface area contributed by atoms with Crippen molar-refractivity contribution in [2.24, 2.45) is 5.92 Å². The van der Waals surface area contributed by atoms with Crippen LogP contribution in [-0.4, -0.2) is 61.9 Å². The fraction of sp³-hybridized carbons (Fsp3) is 0.417. The van der Waals surface area contributed by atoms with Crippen LogP contribution in [-0.2, 0) is 19.6 Å². The molecule has 0 bridgehead atoms. The molecule has 2 aromatic rings. The monoisotopic (exact) mass is 472 g/mol. The maximum atomic E-state index is 12.5. The molecule has 2 aromatic carbocycles. The number of sulfonamides is 1. The number of carboxylic acid groups (broad SMARTS) is 1. The third-order valence-electron chi connectivity index (χ3n) is 6.45. The van der Waals surface area contributed by atoms with E-state index in [0.717, 1.165) is 28.5 Å². The number of carbonyl (C=O) groups excluding carboxylic acids is 1. The predicted octanol–water partition coefficient (Wildman–Crippen LogP) is 3.04. The lowest BCUT2D eigenvalue weighted by Crippen LogP contribution is -2.46. The van der Waals surface area contributed by atoms with Gasteiger partial charge in [0.2, 0.25) is 10.0 Å². The molecule has 1 saturated heterocycles. The number of amides is 1. The molecule has 1 fully saturated rings. The summed E-state index contributed by atoms with van der Waals surface area (Å²) < 4.78 is 30.5. The number of nitrogens with zero attached hydrogens (tertiary/aromatic N) is 1. The lowest BCUT2D eigenvalue weighted by molar-refractivity contribution is -0.139. The standard InChI is InChI=1S/C24H28N2O6S/c1-33(30,31)26-12-6-7-16(14-26)13-22(23(27)28)25-24(29)32-15-21-19-10-4-2-8-17(19)18-9-3-5-11-20(18)21/h2-5,8-11,16,21-22H,6-7,12-15H2,1H3,(H,25,29)(H,27,28). The lowest BCUT2D eigenvalue weighted by atomic mass is 9.92. The van der Waals surface area contributed by atoms with Gasteiger partial charge >= 0.3 is 12.1 Å². The minimum atomic E-state index is -3.33. The number of piperidine rings is 1. The summed E-state index contributed by atoms with van der Waals surface area (Å²) in [5.41, 5.74) is 4.37. The minimum Gasteiger partial charge on any atom is -0.480 e. The number of aliphatic carboxylic acids is 1. The van der Waals surface area contributed by atoms with E-state index < -0.39 is 28.1 Å². The van der Waals surface area contributed by atoms with Gasteiger partial charge in [0.15, 0.2) is 0 Å². The van der Waals surface area contributed by atoms with Crippen LogP contribution in [0.25, 0.3) is 11.1 Å². The zero-order valence-corrected chi connectivity index (χ0v) is 19.3. The van der Waals surface area contributed by atoms with Crippen molar-refractivity contribution in [3.63, 3.8) is 0 Å². The summed E-state index contributed by atoms with van der Waals surface area (Å²) in [6.45, 7) is 0.791. The number of carbonyl (C=O) groups is 2. The smallest absolute Gasteiger partial charge is 0.407 e. The van der Waals surface area contributed by atoms with Crippen molar-refractivity contribution in [2.45, 2.75) is 31.2 Å². The van der Waals surface area contributed by atoms with Crippen LogP contribution >= 0.6 is 0 Å². The number of nitrogens with one attached hydrogen (secondary N) is 1. The van der Waals surface area contributed by atoms with Crippen molar-refractivity contribution in [1.29, 1.82) is 0 Å². The fourth-order valence-corrected chi connectivity index (χ4v) is 5.80. The van der Waals surface area contributed by atoms with E-state index in [0.29, 0.717) is 19.4 Å². The van der Waals surface area contributed by atoms with Crippen LogP contribution in [0.3, 0.4) is 0 Å². The third kappa shape index (κ3) is 5.20. The Hall–Kier alpha value is -2.91. The second-order valence-electron chi connectivity index (χ2n) is 8.73. The zero-order chi connectivity index (χ0) is 23.6. The van der Waals surface area contributed by atoms with Crippen LogP contribution in [0.2, 0.25) is 0 Å². The molecular formula is C24H28N2O6S. The highest BCUT2D eigenvalue weighted by Gasteiger charge is 2.32. The van der Waals surface area contributed by atoms with Gasteiger partial charge < -0.3 is 15.2 Å². The Bertz CT molecular complexity index is 1100. The van der Waals surface area contributed by atoms with Crippen LogP contribution in [0.15, 0.2) is 48.5 Å². The lowest BCUT2D eigenvalue weighted by Gasteiger charge is -2.32. The van der Waals surface area contributed by atoms with E-state index in [9.17, 15) is 23.1 Å². The molecule has 0 spiro atoms. The molecule has 0 aromatic heterocycles. The summed E-state index contributed by atoms with van der Waals surface area (Å²) >= 11 is 0. The van der Waals surface area contributed by atoms with Gasteiger partial charge in [0.05, 0.1) is 6.26 Å². The van der Waals surface area contributed by atoms with Crippen LogP contribution in [0.1, 0.15) is 36.3 Å². The van der Waals surface area contributed by atoms with E-state index in [4.69, 9.17) is 4.74 Å². The van der Waals surface area contributed by atoms with Crippen LogP contribution in [0, 0.1) is 5.92 Å². The highest BCUT2D eigenvalue weighted by molar-refractivity contribution is 7.88. The molecule has 33 heavy (non-hydrogen) atoms. The number of hydrogen-bond acceptors (Lipinski definition) is 5. The maximum Gasteiger partial charge on any atom is 0.407 e. The first-order valence-electron chi connectivity index (χ1n) is 11.0. The Morgan fingerprint density at radius 3 is 2.30 bits per heavy atom. The Morgan fingerprint density at radius 1 is 1.12 bits per heavy atom. The summed E-state index contributed by atoms with van der Waals surface area (Å²) in [5, 5.41) is 12.1. The minimum absolute atomic E-state index is 0.0947. The van der Waals surface area contributed by atoms with Gasteiger partial charge in [0.25, 0.3) is 0 Å². The number of fused-ring (bicyclic) bond motifs is 3. The maximum absolute atomic E-state index is 12.5. The van der Waals surface area contributed by atoms with Crippen molar-refractivity contribution in [2.75, 3.05) is 26.0 Å². The molecule has 1 amide bonds. The Morgan fingerprint density at radius 2 is 1.73 bits per heavy atom. The number of alkyl carbamates (subject to hydrolysis) is 1. The summed E-state index contributed by atoms with van der Waals surface area (Å²) in [6, 6.07) is 14.8. The van der Waals surface area contributed by atoms with Crippen molar-refractivity contribution in [1.82, 2.24) is 9.62 Å². The molecular weight excluding hydrogens is 444 g/mol. The first-order valence-corrected chi connectivity index (χ1v) is 12.9. The molecule has 8 nitrogen and oxygen atoms in total. The van der Waals surface area contributed by atoms with Gasteiger partial charge in [-0.25, -0.2) is 22.3 Å². The largest absolute Gasteiger partial charge is 0.480 e. The molecule has 1 aliphatic heterocycles. The van der Waals surface area contributed by atoms with Gasteiger partial charge in [0.1, 0.15) is 12.6 Å². The second kappa shape index (κ2) is 9.52. The Balaban J connectivity index is 1.38. The number of carboxylic acids is 1. The van der Waals surface area contributed by atoms with E-state index >= 15 is 0 Å². The van der Waals surface area contributed by atoms with Gasteiger partial charge in [-0.1, -0.05) is 48.5 Å². The summed E-state index contributed by atoms with van der Waals surface area (Å²) in [6.07, 6.45) is 1.88. The average Bonchev–Trinajstić information content (AvgIpc) is 3.10. The van der Waals surface area contributed by atoms with Gasteiger partial charge in [-0.15, -0.1) is 0 Å². The van der Waals surface area contributed by atoms with E-state index in [1.54, 1.807) is 0 Å². The molecule has 2 aliphatic rings. The van der Waals surface area contributed by atoms with Gasteiger partial charge in [0, 0.05) is 19.0 Å². The predicted molar refractivity (Wildman–Crippen MR) is 123 cm³/mol. The third-order valence-corrected chi connectivity index (χ3v) is 7.72. The molecule has 0 radical (unpaired) electrons. The molecule has 4 rings (SSSR count). The zero-order valence-electron chi connectivity index (χ0n) is 18.4. The molecule has 176 valence electrons. The van der Waals surface area contributed by atoms with Gasteiger partial charge in [-0.2, -0.15) is 0 Å². The molecule has 0 saturated carbocycles. The van der Waals surface area contributed by atoms with Crippen LogP contribution in [0.4, 0.5) is 4.79 Å². The number of ether oxygens (including phenoxy) is 1. The number of rotatable bonds is 7. The van der Waals surface area contributed by atoms with Crippen molar-refractivity contribution < 1.29 is 27.9 Å². The van der Waals surface area contributed by atoms with E-state index in [1.807, 2.05) is 48.5 Å². The molecule has 1 aliphatic carbocycles. The fourth-order valence-electron chi connectivity index (χ4n) is 4.86. The second-order valence-corrected chi connectivity index (χ2v) is 10.7. The van der Waals surface area contributed by atoms with E-state index in [-0.39, 0.29) is 31.4 Å². The quantitative estimate of drug-likeness (QED) is 0.640. The van der Waals surface area contributed by atoms with E-state index in [1.165, 1.54) is 4.31 Å².